The van der Waals surface area contributed by atoms with Crippen molar-refractivity contribution < 1.29 is 22.3 Å². The van der Waals surface area contributed by atoms with Crippen LogP contribution in [-0.2, 0) is 10.0 Å². The van der Waals surface area contributed by atoms with Crippen LogP contribution in [0.25, 0.3) is 0 Å². The maximum absolute atomic E-state index is 12.4. The highest BCUT2D eigenvalue weighted by Gasteiger charge is 2.20. The molecule has 0 fully saturated rings. The van der Waals surface area contributed by atoms with Crippen LogP contribution in [0.4, 0.5) is 0 Å². The Bertz CT molecular complexity index is 824. The molecular weight excluding hydrogens is 320 g/mol. The highest BCUT2D eigenvalue weighted by molar-refractivity contribution is 7.89. The third kappa shape index (κ3) is 3.84. The SMILES string of the molecule is COc1ccc(S(=O)(=O)N/N=C(\C)c2ccc(C)o2)c(OC)c1. The average molecular weight is 338 g/mol. The predicted octanol–water partition coefficient (Wildman–Crippen LogP) is 2.31. The molecule has 8 heteroatoms. The lowest BCUT2D eigenvalue weighted by atomic mass is 10.3. The Morgan fingerprint density at radius 1 is 1.17 bits per heavy atom. The van der Waals surface area contributed by atoms with Crippen LogP contribution in [0.5, 0.6) is 11.5 Å². The number of nitrogens with one attached hydrogen (secondary N) is 1. The van der Waals surface area contributed by atoms with Gasteiger partial charge in [0.15, 0.2) is 0 Å². The standard InChI is InChI=1S/C15H18N2O5S/c1-10-5-7-13(22-10)11(2)16-17-23(18,19)15-8-6-12(20-3)9-14(15)21-4/h5-9,17H,1-4H3/b16-11+. The first-order valence-electron chi connectivity index (χ1n) is 6.72. The number of nitrogens with zero attached hydrogens (tertiary/aromatic N) is 1. The molecule has 23 heavy (non-hydrogen) atoms. The average Bonchev–Trinajstić information content (AvgIpc) is 2.98. The van der Waals surface area contributed by atoms with Crippen molar-refractivity contribution in [3.8, 4) is 11.5 Å². The Balaban J connectivity index is 2.28. The van der Waals surface area contributed by atoms with Crippen molar-refractivity contribution in [2.24, 2.45) is 5.10 Å². The van der Waals surface area contributed by atoms with E-state index in [-0.39, 0.29) is 10.6 Å². The molecular formula is C15H18N2O5S. The molecule has 0 amide bonds. The molecule has 0 aliphatic carbocycles. The number of hydrazone groups is 1. The zero-order chi connectivity index (χ0) is 17.0. The second-order valence-corrected chi connectivity index (χ2v) is 6.35. The van der Waals surface area contributed by atoms with E-state index in [1.165, 1.54) is 32.4 Å². The topological polar surface area (TPSA) is 90.1 Å². The van der Waals surface area contributed by atoms with E-state index in [9.17, 15) is 8.42 Å². The number of aryl methyl sites for hydroxylation is 1. The van der Waals surface area contributed by atoms with E-state index in [2.05, 4.69) is 9.93 Å². The fraction of sp³-hybridized carbons (Fsp3) is 0.267. The molecule has 0 saturated carbocycles. The first kappa shape index (κ1) is 16.9. The van der Waals surface area contributed by atoms with Gasteiger partial charge in [-0.1, -0.05) is 0 Å². The predicted molar refractivity (Wildman–Crippen MR) is 85.5 cm³/mol. The van der Waals surface area contributed by atoms with Gasteiger partial charge >= 0.3 is 0 Å². The van der Waals surface area contributed by atoms with Gasteiger partial charge in [-0.2, -0.15) is 18.4 Å². The van der Waals surface area contributed by atoms with Gasteiger partial charge in [0, 0.05) is 6.07 Å². The summed E-state index contributed by atoms with van der Waals surface area (Å²) in [4.78, 5) is 2.14. The van der Waals surface area contributed by atoms with Crippen molar-refractivity contribution >= 4 is 15.7 Å². The normalized spacial score (nSPS) is 12.1. The lowest BCUT2D eigenvalue weighted by Gasteiger charge is -2.10. The van der Waals surface area contributed by atoms with Crippen molar-refractivity contribution in [3.63, 3.8) is 0 Å². The minimum atomic E-state index is -3.88. The summed E-state index contributed by atoms with van der Waals surface area (Å²) in [5.41, 5.74) is 0.411. The maximum atomic E-state index is 12.4. The molecule has 2 rings (SSSR count). The highest BCUT2D eigenvalue weighted by Crippen LogP contribution is 2.28. The molecule has 1 heterocycles. The van der Waals surface area contributed by atoms with Gasteiger partial charge in [-0.05, 0) is 38.1 Å². The smallest absolute Gasteiger partial charge is 0.280 e. The van der Waals surface area contributed by atoms with Gasteiger partial charge in [0.1, 0.15) is 33.6 Å². The van der Waals surface area contributed by atoms with Crippen molar-refractivity contribution in [2.45, 2.75) is 18.7 Å². The van der Waals surface area contributed by atoms with Gasteiger partial charge in [-0.15, -0.1) is 0 Å². The van der Waals surface area contributed by atoms with Crippen LogP contribution in [-0.4, -0.2) is 28.3 Å². The van der Waals surface area contributed by atoms with Crippen molar-refractivity contribution in [1.29, 1.82) is 0 Å². The number of hydrogen-bond donors (Lipinski definition) is 1. The minimum absolute atomic E-state index is 0.0343. The zero-order valence-electron chi connectivity index (χ0n) is 13.3. The fourth-order valence-corrected chi connectivity index (χ4v) is 2.87. The Labute approximate surface area is 135 Å². The molecule has 0 bridgehead atoms. The summed E-state index contributed by atoms with van der Waals surface area (Å²) in [6.45, 7) is 3.44. The first-order chi connectivity index (χ1) is 10.9. The third-order valence-corrected chi connectivity index (χ3v) is 4.34. The number of ether oxygens (including phenoxy) is 2. The number of furan rings is 1. The molecule has 0 spiro atoms. The molecule has 0 unspecified atom stereocenters. The van der Waals surface area contributed by atoms with Crippen LogP contribution in [0.15, 0.2) is 44.7 Å². The van der Waals surface area contributed by atoms with Crippen LogP contribution in [0.3, 0.4) is 0 Å². The molecule has 0 radical (unpaired) electrons. The number of rotatable bonds is 6. The molecule has 124 valence electrons. The van der Waals surface area contributed by atoms with Gasteiger partial charge < -0.3 is 13.9 Å². The summed E-state index contributed by atoms with van der Waals surface area (Å²) >= 11 is 0. The molecule has 1 N–H and O–H groups in total. The summed E-state index contributed by atoms with van der Waals surface area (Å²) < 4.78 is 40.3. The summed E-state index contributed by atoms with van der Waals surface area (Å²) in [5.74, 6) is 1.87. The molecule has 1 aromatic heterocycles. The van der Waals surface area contributed by atoms with Crippen molar-refractivity contribution in [2.75, 3.05) is 14.2 Å². The highest BCUT2D eigenvalue weighted by atomic mass is 32.2. The summed E-state index contributed by atoms with van der Waals surface area (Å²) in [6, 6.07) is 7.90. The molecule has 1 aromatic carbocycles. The Hall–Kier alpha value is -2.48. The molecule has 2 aromatic rings. The van der Waals surface area contributed by atoms with E-state index < -0.39 is 10.0 Å². The van der Waals surface area contributed by atoms with E-state index in [0.717, 1.165) is 0 Å². The van der Waals surface area contributed by atoms with Crippen molar-refractivity contribution in [1.82, 2.24) is 4.83 Å². The second-order valence-electron chi connectivity index (χ2n) is 4.72. The van der Waals surface area contributed by atoms with Crippen LogP contribution in [0.2, 0.25) is 0 Å². The lowest BCUT2D eigenvalue weighted by molar-refractivity contribution is 0.386. The Kier molecular flexibility index (Phi) is 4.95. The number of benzene rings is 1. The van der Waals surface area contributed by atoms with Crippen LogP contribution < -0.4 is 14.3 Å². The number of hydrogen-bond acceptors (Lipinski definition) is 6. The largest absolute Gasteiger partial charge is 0.497 e. The Morgan fingerprint density at radius 3 is 2.48 bits per heavy atom. The zero-order valence-corrected chi connectivity index (χ0v) is 14.1. The van der Waals surface area contributed by atoms with Crippen LogP contribution in [0, 0.1) is 6.92 Å². The molecule has 0 saturated heterocycles. The quantitative estimate of drug-likeness (QED) is 0.645. The van der Waals surface area contributed by atoms with Gasteiger partial charge in [0.05, 0.1) is 14.2 Å². The summed E-state index contributed by atoms with van der Waals surface area (Å²) in [5, 5.41) is 3.87. The van der Waals surface area contributed by atoms with Gasteiger partial charge in [-0.25, -0.2) is 0 Å². The lowest BCUT2D eigenvalue weighted by Crippen LogP contribution is -2.20. The second kappa shape index (κ2) is 6.74. The van der Waals surface area contributed by atoms with Gasteiger partial charge in [0.25, 0.3) is 10.0 Å². The third-order valence-electron chi connectivity index (χ3n) is 3.09. The van der Waals surface area contributed by atoms with Crippen LogP contribution >= 0.6 is 0 Å². The molecule has 0 atom stereocenters. The fourth-order valence-electron chi connectivity index (χ4n) is 1.86. The maximum Gasteiger partial charge on any atom is 0.280 e. The monoisotopic (exact) mass is 338 g/mol. The van der Waals surface area contributed by atoms with Gasteiger partial charge in [0.2, 0.25) is 0 Å². The van der Waals surface area contributed by atoms with E-state index in [0.29, 0.717) is 23.0 Å². The minimum Gasteiger partial charge on any atom is -0.497 e. The van der Waals surface area contributed by atoms with Crippen LogP contribution in [0.1, 0.15) is 18.4 Å². The van der Waals surface area contributed by atoms with E-state index in [1.54, 1.807) is 26.0 Å². The van der Waals surface area contributed by atoms with E-state index in [4.69, 9.17) is 13.9 Å². The van der Waals surface area contributed by atoms with E-state index >= 15 is 0 Å². The van der Waals surface area contributed by atoms with Crippen molar-refractivity contribution in [3.05, 3.63) is 41.9 Å². The summed E-state index contributed by atoms with van der Waals surface area (Å²) in [6.07, 6.45) is 0. The molecule has 7 nitrogen and oxygen atoms in total. The number of sulfonamides is 1. The molecule has 0 aliphatic rings. The molecule has 0 aliphatic heterocycles. The van der Waals surface area contributed by atoms with E-state index in [1.807, 2.05) is 0 Å². The number of methoxy groups -OCH3 is 2. The Morgan fingerprint density at radius 2 is 1.91 bits per heavy atom. The first-order valence-corrected chi connectivity index (χ1v) is 8.20. The van der Waals surface area contributed by atoms with Gasteiger partial charge in [-0.3, -0.25) is 0 Å². The summed E-state index contributed by atoms with van der Waals surface area (Å²) in [7, 11) is -1.01.